The van der Waals surface area contributed by atoms with Crippen LogP contribution in [0.5, 0.6) is 0 Å². The molecule has 0 rings (SSSR count). The van der Waals surface area contributed by atoms with Crippen LogP contribution in [0, 0.1) is 0 Å². The Hall–Kier alpha value is 2.17. The molecule has 0 N–H and O–H groups in total. The van der Waals surface area contributed by atoms with Gasteiger partial charge in [-0.25, -0.2) is 0 Å². The second-order valence-electron chi connectivity index (χ2n) is 4.37. The second kappa shape index (κ2) is 6.66. The number of hydrogen-bond donors (Lipinski definition) is 0. The predicted molar refractivity (Wildman–Crippen MR) is 88.2 cm³/mol. The largest absolute Gasteiger partial charge is 0.0120 e. The Morgan fingerprint density at radius 3 is 1.90 bits per heavy atom. The highest BCUT2D eigenvalue weighted by Gasteiger charge is 2.11. The molecule has 0 aromatic rings. The summed E-state index contributed by atoms with van der Waals surface area (Å²) in [5.41, 5.74) is 0. The van der Waals surface area contributed by atoms with Crippen LogP contribution in [0.15, 0.2) is 0 Å². The van der Waals surface area contributed by atoms with Gasteiger partial charge in [0.1, 0.15) is 0 Å². The van der Waals surface area contributed by atoms with Crippen LogP contribution in [0.2, 0.25) is 0 Å². The Labute approximate surface area is 87.4 Å². The normalized spacial score (nSPS) is 24.0. The van der Waals surface area contributed by atoms with Crippen LogP contribution < -0.4 is 0 Å². The number of hydrogen-bond acceptors (Lipinski definition) is 0. The molecule has 0 fully saturated rings. The van der Waals surface area contributed by atoms with Gasteiger partial charge in [-0.2, -0.15) is 0 Å². The third-order valence-electron chi connectivity index (χ3n) is 1.78. The Kier molecular flexibility index (Phi) is 8.10. The molecule has 0 heterocycles. The fourth-order valence-corrected chi connectivity index (χ4v) is 263. The lowest BCUT2D eigenvalue weighted by atomic mass is 26.0. The van der Waals surface area contributed by atoms with Gasteiger partial charge in [0.15, 0.2) is 0 Å². The molecular weight excluding hydrogens is 281 g/mol. The Bertz CT molecular complexity index is 66.6. The summed E-state index contributed by atoms with van der Waals surface area (Å²) in [5.74, 6) is 0. The highest BCUT2D eigenvalue weighted by molar-refractivity contribution is 7.88. The van der Waals surface area contributed by atoms with Crippen LogP contribution in [0.3, 0.4) is 0 Å². The summed E-state index contributed by atoms with van der Waals surface area (Å²) < 4.78 is 0. The summed E-state index contributed by atoms with van der Waals surface area (Å²) in [6, 6.07) is 0. The summed E-state index contributed by atoms with van der Waals surface area (Å²) in [6.45, 7) is 0. The van der Waals surface area contributed by atoms with Crippen molar-refractivity contribution in [3.05, 3.63) is 0 Å². The van der Waals surface area contributed by atoms with Crippen molar-refractivity contribution in [3.8, 4) is 0 Å². The maximum absolute atomic E-state index is 1.76. The summed E-state index contributed by atoms with van der Waals surface area (Å²) >= 11 is 0. The molecule has 0 amide bonds. The van der Waals surface area contributed by atoms with E-state index in [9.17, 15) is 0 Å². The molecule has 0 saturated carbocycles. The van der Waals surface area contributed by atoms with Gasteiger partial charge >= 0.3 is 0 Å². The summed E-state index contributed by atoms with van der Waals surface area (Å²) in [4.78, 5) is 0. The molecule has 62 valence electrons. The van der Waals surface area contributed by atoms with Crippen LogP contribution in [0.1, 0.15) is 0 Å². The van der Waals surface area contributed by atoms with E-state index in [1.807, 2.05) is 0 Å². The van der Waals surface area contributed by atoms with E-state index in [1.54, 1.807) is 39.0 Å². The van der Waals surface area contributed by atoms with E-state index in [4.69, 9.17) is 0 Å². The van der Waals surface area contributed by atoms with Crippen molar-refractivity contribution in [1.82, 2.24) is 0 Å². The molecule has 0 unspecified atom stereocenters. The van der Waals surface area contributed by atoms with E-state index in [0.717, 1.165) is 42.8 Å². The maximum atomic E-state index is 1.76. The molecule has 0 spiro atoms. The molecule has 0 aliphatic rings. The number of rotatable bonds is 5. The van der Waals surface area contributed by atoms with Gasteiger partial charge in [-0.15, -0.1) is 0 Å². The first kappa shape index (κ1) is 12.2. The molecule has 0 aliphatic heterocycles. The topological polar surface area (TPSA) is 0 Å². The first-order valence-corrected chi connectivity index (χ1v) is 41.0. The molecule has 10 heavy (non-hydrogen) atoms. The van der Waals surface area contributed by atoms with Crippen LogP contribution in [0.4, 0.5) is 0 Å². The smallest absolute Gasteiger partial charge is 0.00631 e. The van der Waals surface area contributed by atoms with E-state index in [2.05, 4.69) is 0 Å². The van der Waals surface area contributed by atoms with E-state index >= 15 is 0 Å². The molecule has 0 aromatic carbocycles. The standard InChI is InChI=1S/H22Si10/c1-5-6-7-8-9-10(2,3)4/h5-9H2,1-4H3. The van der Waals surface area contributed by atoms with Crippen LogP contribution in [-0.2, 0) is 0 Å². The van der Waals surface area contributed by atoms with Gasteiger partial charge in [-0.1, -0.05) is 0 Å². The zero-order valence-electron chi connectivity index (χ0n) is 8.04. The average molecular weight is 303 g/mol. The lowest BCUT2D eigenvalue weighted by molar-refractivity contribution is 3.64. The third-order valence-corrected chi connectivity index (χ3v) is 144. The maximum Gasteiger partial charge on any atom is -0.00631 e. The molecular formula is H22Si10. The summed E-state index contributed by atoms with van der Waals surface area (Å²) in [7, 11) is 11.2. The average Bonchev–Trinajstić information content (AvgIpc) is 1.78. The van der Waals surface area contributed by atoms with E-state index in [1.165, 1.54) is 0 Å². The predicted octanol–water partition coefficient (Wildman–Crippen LogP) is -9.70. The Balaban J connectivity index is 3.04. The monoisotopic (exact) mass is 302 g/mol. The molecule has 10 heteroatoms. The van der Waals surface area contributed by atoms with Crippen molar-refractivity contribution >= 4 is 88.0 Å². The molecule has 0 saturated heterocycles. The van der Waals surface area contributed by atoms with E-state index < -0.39 is 0 Å². The molecule has 0 radical (unpaired) electrons. The van der Waals surface area contributed by atoms with Crippen molar-refractivity contribution < 1.29 is 0 Å². The van der Waals surface area contributed by atoms with Gasteiger partial charge in [-0.3, -0.25) is 0 Å². The Morgan fingerprint density at radius 2 is 1.50 bits per heavy atom. The van der Waals surface area contributed by atoms with Gasteiger partial charge in [0, 0.05) is 0 Å². The first-order valence-electron chi connectivity index (χ1n) is 4.56. The third kappa shape index (κ3) is 10.2. The van der Waals surface area contributed by atoms with E-state index in [0.29, 0.717) is 0 Å². The summed E-state index contributed by atoms with van der Waals surface area (Å²) in [6.07, 6.45) is -0.00621. The lowest BCUT2D eigenvalue weighted by Crippen LogP contribution is -2.50. The van der Waals surface area contributed by atoms with Crippen LogP contribution in [-0.4, -0.2) is 88.0 Å². The van der Waals surface area contributed by atoms with Gasteiger partial charge in [0.25, 0.3) is 0 Å². The molecule has 0 bridgehead atoms. The minimum atomic E-state index is -0.00621. The lowest BCUT2D eigenvalue weighted by Gasteiger charge is -2.13. The molecule has 0 nitrogen and oxygen atoms in total. The van der Waals surface area contributed by atoms with Crippen molar-refractivity contribution in [2.75, 3.05) is 0 Å². The van der Waals surface area contributed by atoms with E-state index in [-0.39, 0.29) is 6.14 Å². The van der Waals surface area contributed by atoms with Crippen molar-refractivity contribution in [1.29, 1.82) is 0 Å². The van der Waals surface area contributed by atoms with Crippen LogP contribution >= 0.6 is 0 Å². The Morgan fingerprint density at radius 1 is 0.900 bits per heavy atom. The molecule has 0 aromatic heterocycles. The molecule has 0 atom stereocenters. The first-order chi connectivity index (χ1) is 4.56. The van der Waals surface area contributed by atoms with Gasteiger partial charge < -0.3 is 0 Å². The van der Waals surface area contributed by atoms with Gasteiger partial charge in [0.05, 0.1) is 0 Å². The SMILES string of the molecule is [SiH3][SiH2][SiH2][SiH2][SiH2][SiH2][Si]([SiH3])([SiH3])[SiH3]. The quantitative estimate of drug-likeness (QED) is 0.350. The second-order valence-corrected chi connectivity index (χ2v) is 118. The highest BCUT2D eigenvalue weighted by Crippen LogP contribution is 1.74. The fourth-order valence-electron chi connectivity index (χ4n) is 1.08. The summed E-state index contributed by atoms with van der Waals surface area (Å²) in [5, 5.41) is 0. The zero-order chi connectivity index (χ0) is 8.04. The van der Waals surface area contributed by atoms with Crippen molar-refractivity contribution in [3.63, 3.8) is 0 Å². The molecule has 0 aliphatic carbocycles. The van der Waals surface area contributed by atoms with Crippen molar-refractivity contribution in [2.45, 2.75) is 0 Å². The highest BCUT2D eigenvalue weighted by atomic mass is 30.2. The fraction of sp³-hybridized carbons (Fsp3) is 0. The minimum Gasteiger partial charge on any atom is -0.0120 e. The zero-order valence-corrected chi connectivity index (χ0v) is 24.1. The van der Waals surface area contributed by atoms with Crippen LogP contribution in [0.25, 0.3) is 0 Å². The van der Waals surface area contributed by atoms with Gasteiger partial charge in [0.2, 0.25) is 0 Å². The minimum absolute atomic E-state index is 0.00621. The van der Waals surface area contributed by atoms with Gasteiger partial charge in [-0.05, 0) is 88.0 Å². The van der Waals surface area contributed by atoms with Crippen molar-refractivity contribution in [2.24, 2.45) is 0 Å².